The first-order valence-electron chi connectivity index (χ1n) is 6.61. The average Bonchev–Trinajstić information content (AvgIpc) is 2.30. The molecular weight excluding hydrogens is 338 g/mol. The number of hydrogen-bond acceptors (Lipinski definition) is 4. The average molecular weight is 358 g/mol. The second-order valence-corrected chi connectivity index (χ2v) is 6.37. The summed E-state index contributed by atoms with van der Waals surface area (Å²) in [4.78, 5) is 23.9. The summed E-state index contributed by atoms with van der Waals surface area (Å²) in [5, 5.41) is 2.59. The SMILES string of the molecule is CCOC(=O)c1cc(C)cc(Br)c1NC(=O)OC(C)(C)C. The van der Waals surface area contributed by atoms with Crippen LogP contribution in [0.3, 0.4) is 0 Å². The third kappa shape index (κ3) is 5.38. The van der Waals surface area contributed by atoms with Crippen molar-refractivity contribution in [1.29, 1.82) is 0 Å². The van der Waals surface area contributed by atoms with Crippen LogP contribution in [0.5, 0.6) is 0 Å². The summed E-state index contributed by atoms with van der Waals surface area (Å²) in [6.45, 7) is 9.14. The molecular formula is C15H20BrNO4. The zero-order valence-electron chi connectivity index (χ0n) is 12.9. The van der Waals surface area contributed by atoms with Gasteiger partial charge in [-0.15, -0.1) is 0 Å². The highest BCUT2D eigenvalue weighted by atomic mass is 79.9. The molecule has 5 nitrogen and oxygen atoms in total. The molecule has 1 aromatic rings. The van der Waals surface area contributed by atoms with E-state index < -0.39 is 17.7 Å². The molecule has 0 aromatic heterocycles. The summed E-state index contributed by atoms with van der Waals surface area (Å²) in [6.07, 6.45) is -0.627. The van der Waals surface area contributed by atoms with Crippen molar-refractivity contribution >= 4 is 33.7 Å². The number of amides is 1. The third-order valence-corrected chi connectivity index (χ3v) is 2.98. The number of rotatable bonds is 3. The lowest BCUT2D eigenvalue weighted by Crippen LogP contribution is -2.28. The van der Waals surface area contributed by atoms with E-state index in [9.17, 15) is 9.59 Å². The van der Waals surface area contributed by atoms with Gasteiger partial charge in [-0.3, -0.25) is 5.32 Å². The van der Waals surface area contributed by atoms with Gasteiger partial charge >= 0.3 is 12.1 Å². The van der Waals surface area contributed by atoms with E-state index in [1.165, 1.54) is 0 Å². The molecule has 6 heteroatoms. The molecule has 0 heterocycles. The van der Waals surface area contributed by atoms with Gasteiger partial charge in [0.2, 0.25) is 0 Å². The van der Waals surface area contributed by atoms with Crippen LogP contribution >= 0.6 is 15.9 Å². The van der Waals surface area contributed by atoms with Crippen LogP contribution in [0.25, 0.3) is 0 Å². The molecule has 0 fully saturated rings. The van der Waals surface area contributed by atoms with Gasteiger partial charge in [0.15, 0.2) is 0 Å². The zero-order chi connectivity index (χ0) is 16.2. The van der Waals surface area contributed by atoms with Crippen molar-refractivity contribution in [1.82, 2.24) is 0 Å². The van der Waals surface area contributed by atoms with Gasteiger partial charge in [-0.05, 0) is 68.2 Å². The molecule has 1 N–H and O–H groups in total. The Balaban J connectivity index is 3.10. The Morgan fingerprint density at radius 3 is 2.43 bits per heavy atom. The van der Waals surface area contributed by atoms with Crippen LogP contribution in [0, 0.1) is 6.92 Å². The van der Waals surface area contributed by atoms with Gasteiger partial charge in [-0.1, -0.05) is 0 Å². The molecule has 0 aliphatic rings. The van der Waals surface area contributed by atoms with Crippen LogP contribution in [0.4, 0.5) is 10.5 Å². The number of halogens is 1. The molecule has 1 amide bonds. The molecule has 0 aliphatic carbocycles. The predicted octanol–water partition coefficient (Wildman–Crippen LogP) is 4.28. The number of benzene rings is 1. The fourth-order valence-electron chi connectivity index (χ4n) is 1.64. The van der Waals surface area contributed by atoms with Gasteiger partial charge in [-0.2, -0.15) is 0 Å². The van der Waals surface area contributed by atoms with E-state index in [2.05, 4.69) is 21.2 Å². The van der Waals surface area contributed by atoms with E-state index in [1.54, 1.807) is 39.8 Å². The Bertz CT molecular complexity index is 549. The fraction of sp³-hybridized carbons (Fsp3) is 0.467. The molecule has 0 spiro atoms. The van der Waals surface area contributed by atoms with Gasteiger partial charge in [0.05, 0.1) is 17.9 Å². The largest absolute Gasteiger partial charge is 0.462 e. The minimum Gasteiger partial charge on any atom is -0.462 e. The Kier molecular flexibility index (Phi) is 5.78. The minimum absolute atomic E-state index is 0.260. The molecule has 0 bridgehead atoms. The summed E-state index contributed by atoms with van der Waals surface area (Å²) in [5.74, 6) is -0.493. The van der Waals surface area contributed by atoms with E-state index in [4.69, 9.17) is 9.47 Å². The summed E-state index contributed by atoms with van der Waals surface area (Å²) < 4.78 is 10.8. The number of carbonyl (C=O) groups is 2. The highest BCUT2D eigenvalue weighted by molar-refractivity contribution is 9.10. The number of esters is 1. The Morgan fingerprint density at radius 1 is 1.29 bits per heavy atom. The van der Waals surface area contributed by atoms with Gasteiger partial charge in [0.1, 0.15) is 5.60 Å². The lowest BCUT2D eigenvalue weighted by Gasteiger charge is -2.21. The predicted molar refractivity (Wildman–Crippen MR) is 84.7 cm³/mol. The van der Waals surface area contributed by atoms with Crippen molar-refractivity contribution < 1.29 is 19.1 Å². The van der Waals surface area contributed by atoms with Crippen LogP contribution in [0.2, 0.25) is 0 Å². The molecule has 0 radical (unpaired) electrons. The lowest BCUT2D eigenvalue weighted by molar-refractivity contribution is 0.0527. The molecule has 0 saturated heterocycles. The summed E-state index contributed by atoms with van der Waals surface area (Å²) in [5.41, 5.74) is 0.883. The third-order valence-electron chi connectivity index (χ3n) is 2.36. The smallest absolute Gasteiger partial charge is 0.412 e. The summed E-state index contributed by atoms with van der Waals surface area (Å²) in [7, 11) is 0. The number of hydrogen-bond donors (Lipinski definition) is 1. The van der Waals surface area contributed by atoms with Crippen LogP contribution in [0.15, 0.2) is 16.6 Å². The van der Waals surface area contributed by atoms with Crippen molar-refractivity contribution in [3.05, 3.63) is 27.7 Å². The van der Waals surface area contributed by atoms with E-state index in [-0.39, 0.29) is 12.2 Å². The molecule has 0 aliphatic heterocycles. The second-order valence-electron chi connectivity index (χ2n) is 5.52. The lowest BCUT2D eigenvalue weighted by atomic mass is 10.1. The first kappa shape index (κ1) is 17.5. The number of aryl methyl sites for hydroxylation is 1. The van der Waals surface area contributed by atoms with Gasteiger partial charge in [0.25, 0.3) is 0 Å². The molecule has 1 rings (SSSR count). The molecule has 21 heavy (non-hydrogen) atoms. The van der Waals surface area contributed by atoms with E-state index in [0.717, 1.165) is 5.56 Å². The monoisotopic (exact) mass is 357 g/mol. The van der Waals surface area contributed by atoms with Crippen molar-refractivity contribution in [2.24, 2.45) is 0 Å². The van der Waals surface area contributed by atoms with Crippen molar-refractivity contribution in [3.63, 3.8) is 0 Å². The molecule has 1 aromatic carbocycles. The van der Waals surface area contributed by atoms with Gasteiger partial charge in [-0.25, -0.2) is 9.59 Å². The maximum absolute atomic E-state index is 12.0. The highest BCUT2D eigenvalue weighted by Gasteiger charge is 2.21. The Morgan fingerprint density at radius 2 is 1.90 bits per heavy atom. The number of nitrogens with one attached hydrogen (secondary N) is 1. The number of anilines is 1. The fourth-order valence-corrected chi connectivity index (χ4v) is 2.32. The van der Waals surface area contributed by atoms with E-state index in [0.29, 0.717) is 10.2 Å². The molecule has 0 saturated carbocycles. The molecule has 0 atom stereocenters. The molecule has 116 valence electrons. The summed E-state index contributed by atoms with van der Waals surface area (Å²) >= 11 is 3.35. The second kappa shape index (κ2) is 6.93. The maximum Gasteiger partial charge on any atom is 0.412 e. The van der Waals surface area contributed by atoms with Crippen LogP contribution in [-0.2, 0) is 9.47 Å². The van der Waals surface area contributed by atoms with Crippen molar-refractivity contribution in [2.75, 3.05) is 11.9 Å². The topological polar surface area (TPSA) is 64.6 Å². The van der Waals surface area contributed by atoms with E-state index in [1.807, 2.05) is 6.92 Å². The first-order valence-corrected chi connectivity index (χ1v) is 7.40. The number of carbonyl (C=O) groups excluding carboxylic acids is 2. The Labute approximate surface area is 133 Å². The van der Waals surface area contributed by atoms with Gasteiger partial charge < -0.3 is 9.47 Å². The van der Waals surface area contributed by atoms with Crippen molar-refractivity contribution in [3.8, 4) is 0 Å². The first-order chi connectivity index (χ1) is 9.64. The van der Waals surface area contributed by atoms with Gasteiger partial charge in [0, 0.05) is 4.47 Å². The Hall–Kier alpha value is -1.56. The molecule has 0 unspecified atom stereocenters. The minimum atomic E-state index is -0.627. The normalized spacial score (nSPS) is 11.0. The quantitative estimate of drug-likeness (QED) is 0.819. The highest BCUT2D eigenvalue weighted by Crippen LogP contribution is 2.29. The van der Waals surface area contributed by atoms with Crippen molar-refractivity contribution in [2.45, 2.75) is 40.2 Å². The summed E-state index contributed by atoms with van der Waals surface area (Å²) in [6, 6.07) is 3.46. The van der Waals surface area contributed by atoms with Crippen LogP contribution in [0.1, 0.15) is 43.6 Å². The standard InChI is InChI=1S/C15H20BrNO4/c1-6-20-13(18)10-7-9(2)8-11(16)12(10)17-14(19)21-15(3,4)5/h7-8H,6H2,1-5H3,(H,17,19). The zero-order valence-corrected chi connectivity index (χ0v) is 14.5. The van der Waals surface area contributed by atoms with E-state index >= 15 is 0 Å². The van der Waals surface area contributed by atoms with Crippen LogP contribution in [-0.4, -0.2) is 24.3 Å². The number of ether oxygens (including phenoxy) is 2. The van der Waals surface area contributed by atoms with Crippen LogP contribution < -0.4 is 5.32 Å². The maximum atomic E-state index is 12.0.